The number of hydrogen-bond donors (Lipinski definition) is 1. The quantitative estimate of drug-likeness (QED) is 0.817. The first-order valence-corrected chi connectivity index (χ1v) is 5.69. The summed E-state index contributed by atoms with van der Waals surface area (Å²) in [5.41, 5.74) is 1.23. The fourth-order valence-corrected chi connectivity index (χ4v) is 1.51. The first-order chi connectivity index (χ1) is 7.63. The minimum Gasteiger partial charge on any atom is -0.464 e. The van der Waals surface area contributed by atoms with Gasteiger partial charge in [-0.3, -0.25) is 4.79 Å². The Morgan fingerprint density at radius 3 is 2.88 bits per heavy atom. The number of carbonyl (C=O) groups is 2. The van der Waals surface area contributed by atoms with Crippen molar-refractivity contribution < 1.29 is 14.3 Å². The lowest BCUT2D eigenvalue weighted by atomic mass is 10.4. The number of esters is 1. The highest BCUT2D eigenvalue weighted by molar-refractivity contribution is 8.13. The van der Waals surface area contributed by atoms with Crippen molar-refractivity contribution in [3.05, 3.63) is 29.6 Å². The highest BCUT2D eigenvalue weighted by Crippen LogP contribution is 2.07. The molecule has 0 aliphatic heterocycles. The molecule has 1 heterocycles. The molecule has 86 valence electrons. The van der Waals surface area contributed by atoms with E-state index in [1.807, 2.05) is 12.2 Å². The normalized spacial score (nSPS) is 10.6. The Labute approximate surface area is 98.1 Å². The van der Waals surface area contributed by atoms with Gasteiger partial charge in [-0.1, -0.05) is 17.8 Å². The first-order valence-electron chi connectivity index (χ1n) is 4.70. The topological polar surface area (TPSA) is 59.2 Å². The highest BCUT2D eigenvalue weighted by Gasteiger charge is 2.05. The molecular formula is C11H13NO3S. The zero-order chi connectivity index (χ0) is 12.0. The van der Waals surface area contributed by atoms with Gasteiger partial charge in [-0.05, 0) is 18.2 Å². The largest absolute Gasteiger partial charge is 0.464 e. The molecule has 0 saturated heterocycles. The summed E-state index contributed by atoms with van der Waals surface area (Å²) in [4.78, 5) is 24.7. The zero-order valence-corrected chi connectivity index (χ0v) is 9.97. The Morgan fingerprint density at radius 1 is 1.50 bits per heavy atom. The average molecular weight is 239 g/mol. The van der Waals surface area contributed by atoms with Gasteiger partial charge < -0.3 is 9.72 Å². The van der Waals surface area contributed by atoms with Crippen LogP contribution in [0.15, 0.2) is 18.2 Å². The van der Waals surface area contributed by atoms with E-state index in [2.05, 4.69) is 9.72 Å². The van der Waals surface area contributed by atoms with Gasteiger partial charge in [0.05, 0.1) is 7.11 Å². The molecule has 0 bridgehead atoms. The summed E-state index contributed by atoms with van der Waals surface area (Å²) >= 11 is 1.24. The molecule has 0 fully saturated rings. The number of thioether (sulfide) groups is 1. The molecule has 1 aromatic rings. The number of ether oxygens (including phenoxy) is 1. The number of H-pyrrole nitrogens is 1. The molecule has 1 aromatic heterocycles. The van der Waals surface area contributed by atoms with Gasteiger partial charge in [0.2, 0.25) is 0 Å². The number of rotatable bonds is 4. The molecule has 0 radical (unpaired) electrons. The Bertz CT molecular complexity index is 409. The summed E-state index contributed by atoms with van der Waals surface area (Å²) in [6, 6.07) is 3.44. The molecule has 0 spiro atoms. The van der Waals surface area contributed by atoms with E-state index in [1.54, 1.807) is 12.1 Å². The predicted octanol–water partition coefficient (Wildman–Crippen LogP) is 2.09. The number of hydrogen-bond acceptors (Lipinski definition) is 4. The molecule has 1 N–H and O–H groups in total. The van der Waals surface area contributed by atoms with E-state index < -0.39 is 5.97 Å². The molecule has 1 rings (SSSR count). The molecule has 0 aromatic carbocycles. The number of aromatic nitrogens is 1. The Morgan fingerprint density at radius 2 is 2.25 bits per heavy atom. The maximum atomic E-state index is 11.1. The van der Waals surface area contributed by atoms with E-state index in [1.165, 1.54) is 25.8 Å². The second-order valence-corrected chi connectivity index (χ2v) is 4.22. The predicted molar refractivity (Wildman–Crippen MR) is 64.3 cm³/mol. The molecule has 4 nitrogen and oxygen atoms in total. The lowest BCUT2D eigenvalue weighted by molar-refractivity contribution is -0.109. The van der Waals surface area contributed by atoms with Crippen molar-refractivity contribution in [2.75, 3.05) is 12.9 Å². The standard InChI is InChI=1S/C11H13NO3S/c1-8(13)16-7-3-4-9-5-6-10(12-9)11(14)15-2/h3-6,12H,7H2,1-2H3. The van der Waals surface area contributed by atoms with E-state index in [9.17, 15) is 9.59 Å². The molecule has 0 aliphatic rings. The molecule has 0 atom stereocenters. The molecular weight excluding hydrogens is 226 g/mol. The van der Waals surface area contributed by atoms with E-state index in [0.717, 1.165) is 5.69 Å². The second kappa shape index (κ2) is 6.17. The van der Waals surface area contributed by atoms with Crippen LogP contribution in [0.3, 0.4) is 0 Å². The van der Waals surface area contributed by atoms with Gasteiger partial charge in [0.25, 0.3) is 0 Å². The van der Waals surface area contributed by atoms with Crippen LogP contribution in [-0.2, 0) is 9.53 Å². The van der Waals surface area contributed by atoms with Crippen molar-refractivity contribution in [2.45, 2.75) is 6.92 Å². The van der Waals surface area contributed by atoms with Crippen LogP contribution in [0.25, 0.3) is 6.08 Å². The van der Waals surface area contributed by atoms with Crippen LogP contribution in [0.5, 0.6) is 0 Å². The average Bonchev–Trinajstić information content (AvgIpc) is 2.71. The molecule has 16 heavy (non-hydrogen) atoms. The van der Waals surface area contributed by atoms with Crippen LogP contribution in [0.4, 0.5) is 0 Å². The van der Waals surface area contributed by atoms with E-state index in [0.29, 0.717) is 11.4 Å². The fourth-order valence-electron chi connectivity index (χ4n) is 1.08. The molecule has 0 saturated carbocycles. The van der Waals surface area contributed by atoms with E-state index >= 15 is 0 Å². The minimum absolute atomic E-state index is 0.0892. The smallest absolute Gasteiger partial charge is 0.354 e. The van der Waals surface area contributed by atoms with Gasteiger partial charge in [-0.25, -0.2) is 4.79 Å². The van der Waals surface area contributed by atoms with Crippen molar-refractivity contribution in [1.82, 2.24) is 4.98 Å². The summed E-state index contributed by atoms with van der Waals surface area (Å²) in [6.45, 7) is 1.53. The van der Waals surface area contributed by atoms with Crippen LogP contribution in [0, 0.1) is 0 Å². The van der Waals surface area contributed by atoms with Crippen LogP contribution >= 0.6 is 11.8 Å². The van der Waals surface area contributed by atoms with Gasteiger partial charge in [-0.2, -0.15) is 0 Å². The van der Waals surface area contributed by atoms with Crippen LogP contribution in [0.2, 0.25) is 0 Å². The fraction of sp³-hybridized carbons (Fsp3) is 0.273. The summed E-state index contributed by atoms with van der Waals surface area (Å²) < 4.78 is 4.56. The number of carbonyl (C=O) groups excluding carboxylic acids is 2. The first kappa shape index (κ1) is 12.6. The second-order valence-electron chi connectivity index (χ2n) is 3.02. The molecule has 0 amide bonds. The third-order valence-electron chi connectivity index (χ3n) is 1.79. The summed E-state index contributed by atoms with van der Waals surface area (Å²) in [5, 5.41) is 0.0892. The lowest BCUT2D eigenvalue weighted by Gasteiger charge is -1.93. The van der Waals surface area contributed by atoms with Crippen molar-refractivity contribution in [2.24, 2.45) is 0 Å². The SMILES string of the molecule is COC(=O)c1ccc(C=CCSC(C)=O)[nH]1. The molecule has 5 heteroatoms. The molecule has 0 aliphatic carbocycles. The Balaban J connectivity index is 2.52. The number of nitrogens with one attached hydrogen (secondary N) is 1. The Kier molecular flexibility index (Phi) is 4.85. The monoisotopic (exact) mass is 239 g/mol. The maximum Gasteiger partial charge on any atom is 0.354 e. The summed E-state index contributed by atoms with van der Waals surface area (Å²) in [6.07, 6.45) is 3.68. The van der Waals surface area contributed by atoms with Gasteiger partial charge >= 0.3 is 5.97 Å². The third kappa shape index (κ3) is 3.94. The van der Waals surface area contributed by atoms with Crippen molar-refractivity contribution >= 4 is 28.9 Å². The van der Waals surface area contributed by atoms with E-state index in [4.69, 9.17) is 0 Å². The van der Waals surface area contributed by atoms with Crippen molar-refractivity contribution in [3.63, 3.8) is 0 Å². The summed E-state index contributed by atoms with van der Waals surface area (Å²) in [5.74, 6) is 0.236. The van der Waals surface area contributed by atoms with Gasteiger partial charge in [0.1, 0.15) is 5.69 Å². The third-order valence-corrected chi connectivity index (χ3v) is 2.56. The van der Waals surface area contributed by atoms with Crippen LogP contribution in [-0.4, -0.2) is 28.9 Å². The highest BCUT2D eigenvalue weighted by atomic mass is 32.2. The number of aromatic amines is 1. The maximum absolute atomic E-state index is 11.1. The van der Waals surface area contributed by atoms with Gasteiger partial charge in [0.15, 0.2) is 5.12 Å². The Hall–Kier alpha value is -1.49. The minimum atomic E-state index is -0.391. The van der Waals surface area contributed by atoms with E-state index in [-0.39, 0.29) is 5.12 Å². The van der Waals surface area contributed by atoms with Gasteiger partial charge in [0, 0.05) is 18.4 Å². The van der Waals surface area contributed by atoms with Gasteiger partial charge in [-0.15, -0.1) is 0 Å². The number of methoxy groups -OCH3 is 1. The lowest BCUT2D eigenvalue weighted by Crippen LogP contribution is -2.00. The van der Waals surface area contributed by atoms with Crippen LogP contribution in [0.1, 0.15) is 23.1 Å². The summed E-state index contributed by atoms with van der Waals surface area (Å²) in [7, 11) is 1.34. The van der Waals surface area contributed by atoms with Crippen molar-refractivity contribution in [3.8, 4) is 0 Å². The van der Waals surface area contributed by atoms with Crippen LogP contribution < -0.4 is 0 Å². The molecule has 0 unspecified atom stereocenters. The van der Waals surface area contributed by atoms with Crippen molar-refractivity contribution in [1.29, 1.82) is 0 Å². The zero-order valence-electron chi connectivity index (χ0n) is 9.15.